The zero-order valence-corrected chi connectivity index (χ0v) is 9.72. The minimum Gasteiger partial charge on any atom is -0.550 e. The van der Waals surface area contributed by atoms with Gasteiger partial charge in [-0.2, -0.15) is 0 Å². The molecular weight excluding hydrogens is 151 g/mol. The summed E-state index contributed by atoms with van der Waals surface area (Å²) in [6.45, 7) is 4.17. The fourth-order valence-electron chi connectivity index (χ4n) is 1.02. The molecule has 0 aliphatic heterocycles. The van der Waals surface area contributed by atoms with Crippen molar-refractivity contribution in [2.24, 2.45) is 5.92 Å². The van der Waals surface area contributed by atoms with Crippen molar-refractivity contribution < 1.29 is 39.5 Å². The van der Waals surface area contributed by atoms with Crippen LogP contribution in [-0.4, -0.2) is 5.97 Å². The van der Waals surface area contributed by atoms with Crippen molar-refractivity contribution in [2.45, 2.75) is 39.5 Å². The summed E-state index contributed by atoms with van der Waals surface area (Å²) in [4.78, 5) is 10.0. The van der Waals surface area contributed by atoms with Gasteiger partial charge in [-0.15, -0.1) is 0 Å². The van der Waals surface area contributed by atoms with Gasteiger partial charge in [-0.1, -0.05) is 26.7 Å². The minimum atomic E-state index is -0.924. The number of carboxylic acid groups (broad SMARTS) is 1. The van der Waals surface area contributed by atoms with Crippen molar-refractivity contribution in [2.75, 3.05) is 0 Å². The van der Waals surface area contributed by atoms with Crippen molar-refractivity contribution in [3.63, 3.8) is 0 Å². The van der Waals surface area contributed by atoms with Gasteiger partial charge in [0.1, 0.15) is 0 Å². The summed E-state index contributed by atoms with van der Waals surface area (Å²) in [6.07, 6.45) is 3.13. The monoisotopic (exact) mass is 166 g/mol. The van der Waals surface area contributed by atoms with Gasteiger partial charge in [-0.05, 0) is 18.8 Å². The van der Waals surface area contributed by atoms with Gasteiger partial charge < -0.3 is 9.90 Å². The molecule has 0 N–H and O–H groups in total. The second-order valence-electron chi connectivity index (χ2n) is 2.59. The maximum Gasteiger partial charge on any atom is 1.00 e. The largest absolute Gasteiger partial charge is 1.00 e. The molecule has 0 unspecified atom stereocenters. The Kier molecular flexibility index (Phi) is 10.9. The second kappa shape index (κ2) is 8.57. The van der Waals surface area contributed by atoms with Gasteiger partial charge >= 0.3 is 29.6 Å². The Morgan fingerprint density at radius 2 is 1.82 bits per heavy atom. The number of rotatable bonds is 5. The standard InChI is InChI=1S/C8H16O2.Na/c1-3-7(4-2)5-6-8(9)10;/h7H,3-6H2,1-2H3,(H,9,10);/q;+1/p-1. The normalized spacial score (nSPS) is 9.36. The van der Waals surface area contributed by atoms with Crippen LogP contribution in [-0.2, 0) is 4.79 Å². The number of aliphatic carboxylic acids is 1. The third-order valence-electron chi connectivity index (χ3n) is 1.91. The van der Waals surface area contributed by atoms with E-state index in [1.165, 1.54) is 0 Å². The Bertz CT molecular complexity index is 100. The second-order valence-corrected chi connectivity index (χ2v) is 2.59. The van der Waals surface area contributed by atoms with Crippen LogP contribution in [0.1, 0.15) is 39.5 Å². The fraction of sp³-hybridized carbons (Fsp3) is 0.875. The van der Waals surface area contributed by atoms with Crippen LogP contribution < -0.4 is 34.7 Å². The van der Waals surface area contributed by atoms with Gasteiger partial charge in [0, 0.05) is 5.97 Å². The molecule has 0 radical (unpaired) electrons. The number of carboxylic acids is 1. The van der Waals surface area contributed by atoms with E-state index in [9.17, 15) is 9.90 Å². The van der Waals surface area contributed by atoms with Gasteiger partial charge in [-0.25, -0.2) is 0 Å². The van der Waals surface area contributed by atoms with Gasteiger partial charge in [0.2, 0.25) is 0 Å². The van der Waals surface area contributed by atoms with E-state index < -0.39 is 5.97 Å². The van der Waals surface area contributed by atoms with E-state index in [1.807, 2.05) is 0 Å². The molecule has 0 aromatic heterocycles. The molecule has 0 atom stereocenters. The van der Waals surface area contributed by atoms with Crippen molar-refractivity contribution >= 4 is 5.97 Å². The van der Waals surface area contributed by atoms with Crippen molar-refractivity contribution in [1.29, 1.82) is 0 Å². The molecule has 0 amide bonds. The summed E-state index contributed by atoms with van der Waals surface area (Å²) >= 11 is 0. The Balaban J connectivity index is 0. The van der Waals surface area contributed by atoms with Crippen LogP contribution in [0, 0.1) is 5.92 Å². The van der Waals surface area contributed by atoms with Gasteiger partial charge in [-0.3, -0.25) is 0 Å². The minimum absolute atomic E-state index is 0. The van der Waals surface area contributed by atoms with Crippen molar-refractivity contribution in [3.8, 4) is 0 Å². The first-order valence-electron chi connectivity index (χ1n) is 3.90. The Hall–Kier alpha value is 0.470. The van der Waals surface area contributed by atoms with E-state index in [2.05, 4.69) is 13.8 Å². The molecule has 0 saturated heterocycles. The van der Waals surface area contributed by atoms with Gasteiger partial charge in [0.05, 0.1) is 0 Å². The first-order valence-corrected chi connectivity index (χ1v) is 3.90. The Morgan fingerprint density at radius 3 is 2.09 bits per heavy atom. The molecule has 0 spiro atoms. The predicted octanol–water partition coefficient (Wildman–Crippen LogP) is -2.04. The van der Waals surface area contributed by atoms with E-state index in [0.717, 1.165) is 19.3 Å². The van der Waals surface area contributed by atoms with Crippen LogP contribution >= 0.6 is 0 Å². The Morgan fingerprint density at radius 1 is 1.36 bits per heavy atom. The molecule has 11 heavy (non-hydrogen) atoms. The molecule has 0 rings (SSSR count). The first kappa shape index (κ1) is 14.0. The van der Waals surface area contributed by atoms with E-state index in [0.29, 0.717) is 5.92 Å². The summed E-state index contributed by atoms with van der Waals surface area (Å²) in [5, 5.41) is 10.0. The molecule has 3 heteroatoms. The average Bonchev–Trinajstić information content (AvgIpc) is 1.90. The predicted molar refractivity (Wildman–Crippen MR) is 38.3 cm³/mol. The van der Waals surface area contributed by atoms with E-state index in [1.54, 1.807) is 0 Å². The molecule has 0 saturated carbocycles. The summed E-state index contributed by atoms with van der Waals surface area (Å²) in [7, 11) is 0. The number of hydrogen-bond donors (Lipinski definition) is 0. The molecule has 0 aromatic rings. The summed E-state index contributed by atoms with van der Waals surface area (Å²) in [6, 6.07) is 0. The summed E-state index contributed by atoms with van der Waals surface area (Å²) < 4.78 is 0. The topological polar surface area (TPSA) is 40.1 Å². The maximum atomic E-state index is 10.0. The molecule has 0 aliphatic rings. The maximum absolute atomic E-state index is 10.0. The van der Waals surface area contributed by atoms with Crippen LogP contribution in [0.15, 0.2) is 0 Å². The third-order valence-corrected chi connectivity index (χ3v) is 1.91. The molecule has 0 aromatic carbocycles. The van der Waals surface area contributed by atoms with Crippen molar-refractivity contribution in [1.82, 2.24) is 0 Å². The smallest absolute Gasteiger partial charge is 0.550 e. The van der Waals surface area contributed by atoms with Gasteiger partial charge in [0.25, 0.3) is 0 Å². The van der Waals surface area contributed by atoms with Crippen molar-refractivity contribution in [3.05, 3.63) is 0 Å². The van der Waals surface area contributed by atoms with Crippen LogP contribution in [0.2, 0.25) is 0 Å². The SMILES string of the molecule is CCC(CC)CCC(=O)[O-].[Na+]. The molecular formula is C8H15NaO2. The number of carbonyl (C=O) groups excluding carboxylic acids is 1. The number of carbonyl (C=O) groups is 1. The third kappa shape index (κ3) is 8.38. The zero-order valence-electron chi connectivity index (χ0n) is 7.72. The molecule has 0 aliphatic carbocycles. The Labute approximate surface area is 90.7 Å². The molecule has 0 bridgehead atoms. The average molecular weight is 166 g/mol. The van der Waals surface area contributed by atoms with E-state index in [4.69, 9.17) is 0 Å². The fourth-order valence-corrected chi connectivity index (χ4v) is 1.02. The summed E-state index contributed by atoms with van der Waals surface area (Å²) in [5.74, 6) is -0.357. The van der Waals surface area contributed by atoms with Gasteiger partial charge in [0.15, 0.2) is 0 Å². The first-order chi connectivity index (χ1) is 4.70. The van der Waals surface area contributed by atoms with E-state index in [-0.39, 0.29) is 36.0 Å². The van der Waals surface area contributed by atoms with Crippen LogP contribution in [0.3, 0.4) is 0 Å². The molecule has 2 nitrogen and oxygen atoms in total. The molecule has 60 valence electrons. The molecule has 0 fully saturated rings. The zero-order chi connectivity index (χ0) is 7.98. The van der Waals surface area contributed by atoms with E-state index >= 15 is 0 Å². The molecule has 0 heterocycles. The van der Waals surface area contributed by atoms with Crippen LogP contribution in [0.4, 0.5) is 0 Å². The number of hydrogen-bond acceptors (Lipinski definition) is 2. The quantitative estimate of drug-likeness (QED) is 0.441. The summed E-state index contributed by atoms with van der Waals surface area (Å²) in [5.41, 5.74) is 0. The van der Waals surface area contributed by atoms with Crippen LogP contribution in [0.5, 0.6) is 0 Å². The van der Waals surface area contributed by atoms with Crippen LogP contribution in [0.25, 0.3) is 0 Å².